The molecule has 21 heavy (non-hydrogen) atoms. The quantitative estimate of drug-likeness (QED) is 0.642. The summed E-state index contributed by atoms with van der Waals surface area (Å²) in [5, 5.41) is 0. The van der Waals surface area contributed by atoms with Crippen molar-refractivity contribution in [2.24, 2.45) is 0 Å². The van der Waals surface area contributed by atoms with Crippen LogP contribution in [-0.4, -0.2) is 19.7 Å². The Morgan fingerprint density at radius 3 is 2.90 bits per heavy atom. The molecule has 1 aromatic heterocycles. The minimum atomic E-state index is -0.270. The van der Waals surface area contributed by atoms with Crippen LogP contribution in [0.4, 0.5) is 0 Å². The zero-order valence-electron chi connectivity index (χ0n) is 12.3. The Hall–Kier alpha value is -2.36. The number of rotatable bonds is 3. The molecule has 4 nitrogen and oxygen atoms in total. The van der Waals surface area contributed by atoms with Gasteiger partial charge in [-0.3, -0.25) is 0 Å². The highest BCUT2D eigenvalue weighted by Crippen LogP contribution is 2.28. The largest absolute Gasteiger partial charge is 0.497 e. The van der Waals surface area contributed by atoms with E-state index in [9.17, 15) is 4.79 Å². The van der Waals surface area contributed by atoms with Crippen LogP contribution in [0.3, 0.4) is 0 Å². The summed E-state index contributed by atoms with van der Waals surface area (Å²) in [6, 6.07) is 9.93. The average molecular weight is 284 g/mol. The zero-order chi connectivity index (χ0) is 14.8. The second-order valence-corrected chi connectivity index (χ2v) is 4.99. The molecule has 0 fully saturated rings. The molecule has 0 radical (unpaired) electrons. The highest BCUT2D eigenvalue weighted by atomic mass is 16.5. The lowest BCUT2D eigenvalue weighted by Gasteiger charge is -2.16. The van der Waals surface area contributed by atoms with Gasteiger partial charge >= 0.3 is 5.97 Å². The van der Waals surface area contributed by atoms with E-state index < -0.39 is 0 Å². The highest BCUT2D eigenvalue weighted by molar-refractivity contribution is 5.89. The number of ether oxygens (including phenoxy) is 2. The number of aromatic nitrogens is 1. The topological polar surface area (TPSA) is 39.4 Å². The zero-order valence-corrected chi connectivity index (χ0v) is 12.3. The van der Waals surface area contributed by atoms with Gasteiger partial charge in [-0.1, -0.05) is 0 Å². The van der Waals surface area contributed by atoms with Gasteiger partial charge in [0.2, 0.25) is 5.69 Å². The smallest absolute Gasteiger partial charge is 0.344 e. The number of methoxy groups -OCH3 is 1. The van der Waals surface area contributed by atoms with Gasteiger partial charge in [0.1, 0.15) is 11.3 Å². The molecule has 3 rings (SSSR count). The van der Waals surface area contributed by atoms with Crippen molar-refractivity contribution >= 4 is 5.97 Å². The molecule has 1 aromatic carbocycles. The summed E-state index contributed by atoms with van der Waals surface area (Å²) < 4.78 is 12.4. The minimum absolute atomic E-state index is 0.270. The molecule has 0 amide bonds. The molecule has 0 saturated heterocycles. The maximum atomic E-state index is 11.8. The fourth-order valence-corrected chi connectivity index (χ4v) is 2.70. The highest BCUT2D eigenvalue weighted by Gasteiger charge is 2.24. The van der Waals surface area contributed by atoms with Crippen LogP contribution in [0.25, 0.3) is 11.3 Å². The van der Waals surface area contributed by atoms with Crippen molar-refractivity contribution < 1.29 is 18.8 Å². The maximum absolute atomic E-state index is 11.8. The third kappa shape index (κ3) is 2.49. The number of nitrogens with zero attached hydrogens (tertiary/aromatic N) is 1. The number of aryl methyl sites for hydroxylation is 2. The summed E-state index contributed by atoms with van der Waals surface area (Å²) in [5.74, 6) is 0.610. The molecule has 0 aliphatic carbocycles. The van der Waals surface area contributed by atoms with Crippen molar-refractivity contribution in [3.63, 3.8) is 0 Å². The number of benzene rings is 1. The van der Waals surface area contributed by atoms with E-state index in [1.54, 1.807) is 7.11 Å². The van der Waals surface area contributed by atoms with E-state index in [-0.39, 0.29) is 5.97 Å². The summed E-state index contributed by atoms with van der Waals surface area (Å²) in [4.78, 5) is 11.8. The van der Waals surface area contributed by atoms with E-state index in [4.69, 9.17) is 9.47 Å². The van der Waals surface area contributed by atoms with Crippen LogP contribution >= 0.6 is 0 Å². The van der Waals surface area contributed by atoms with E-state index >= 15 is 0 Å². The first-order chi connectivity index (χ1) is 10.2. The number of esters is 1. The predicted molar refractivity (Wildman–Crippen MR) is 78.3 cm³/mol. The van der Waals surface area contributed by atoms with Crippen molar-refractivity contribution in [1.29, 1.82) is 0 Å². The average Bonchev–Trinajstić information content (AvgIpc) is 2.53. The number of hydrogen-bond acceptors (Lipinski definition) is 3. The number of hydrogen-bond donors (Lipinski definition) is 0. The molecule has 0 saturated carbocycles. The summed E-state index contributed by atoms with van der Waals surface area (Å²) in [6.45, 7) is 3.05. The van der Waals surface area contributed by atoms with E-state index in [0.29, 0.717) is 12.2 Å². The molecule has 2 aromatic rings. The van der Waals surface area contributed by atoms with Gasteiger partial charge in [0, 0.05) is 18.1 Å². The first kappa shape index (κ1) is 13.6. The van der Waals surface area contributed by atoms with Crippen LogP contribution in [0, 0.1) is 0 Å². The molecule has 0 N–H and O–H groups in total. The number of carbonyl (C=O) groups is 1. The molecule has 0 atom stereocenters. The first-order valence-electron chi connectivity index (χ1n) is 7.11. The molecule has 0 spiro atoms. The molecule has 0 bridgehead atoms. The summed E-state index contributed by atoms with van der Waals surface area (Å²) >= 11 is 0. The lowest BCUT2D eigenvalue weighted by Crippen LogP contribution is -2.40. The van der Waals surface area contributed by atoms with Crippen LogP contribution in [0.15, 0.2) is 36.5 Å². The maximum Gasteiger partial charge on any atom is 0.344 e. The Labute approximate surface area is 123 Å². The van der Waals surface area contributed by atoms with Gasteiger partial charge in [-0.15, -0.1) is 0 Å². The van der Waals surface area contributed by atoms with Gasteiger partial charge < -0.3 is 9.47 Å². The van der Waals surface area contributed by atoms with Gasteiger partial charge in [-0.25, -0.2) is 4.79 Å². The van der Waals surface area contributed by atoms with Crippen LogP contribution < -0.4 is 9.30 Å². The molecule has 4 heteroatoms. The molecule has 2 heterocycles. The number of fused-ring (bicyclic) bond motifs is 3. The summed E-state index contributed by atoms with van der Waals surface area (Å²) in [7, 11) is 1.68. The second kappa shape index (κ2) is 5.56. The van der Waals surface area contributed by atoms with Crippen LogP contribution in [0.5, 0.6) is 5.75 Å². The van der Waals surface area contributed by atoms with Crippen molar-refractivity contribution in [2.75, 3.05) is 13.7 Å². The Morgan fingerprint density at radius 1 is 1.29 bits per heavy atom. The standard InChI is InChI=1S/C17H18NO3/c1-3-21-17(19)13-4-7-16-15-6-5-14(20-2)10-12(15)8-9-18(16)11-13/h4-7,10-11H,3,8-9H2,1-2H3/q+1. The van der Waals surface area contributed by atoms with E-state index in [0.717, 1.165) is 24.4 Å². The Bertz CT molecular complexity index is 694. The van der Waals surface area contributed by atoms with Gasteiger partial charge in [0.05, 0.1) is 13.7 Å². The van der Waals surface area contributed by atoms with E-state index in [2.05, 4.69) is 16.7 Å². The van der Waals surface area contributed by atoms with Gasteiger partial charge in [-0.05, 0) is 36.8 Å². The van der Waals surface area contributed by atoms with Gasteiger partial charge in [-0.2, -0.15) is 4.57 Å². The van der Waals surface area contributed by atoms with E-state index in [1.165, 1.54) is 11.1 Å². The molecule has 0 unspecified atom stereocenters. The molecular formula is C17H18NO3+. The Balaban J connectivity index is 2.00. The molecule has 1 aliphatic heterocycles. The van der Waals surface area contributed by atoms with E-state index in [1.807, 2.05) is 31.3 Å². The molecular weight excluding hydrogens is 266 g/mol. The van der Waals surface area contributed by atoms with Crippen molar-refractivity contribution in [3.8, 4) is 17.0 Å². The molecule has 108 valence electrons. The van der Waals surface area contributed by atoms with Crippen LogP contribution in [0.1, 0.15) is 22.8 Å². The number of carbonyl (C=O) groups excluding carboxylic acids is 1. The second-order valence-electron chi connectivity index (χ2n) is 4.99. The third-order valence-electron chi connectivity index (χ3n) is 3.75. The lowest BCUT2D eigenvalue weighted by atomic mass is 9.96. The Morgan fingerprint density at radius 2 is 2.14 bits per heavy atom. The fraction of sp³-hybridized carbons (Fsp3) is 0.294. The van der Waals surface area contributed by atoms with Crippen molar-refractivity contribution in [2.45, 2.75) is 19.9 Å². The fourth-order valence-electron chi connectivity index (χ4n) is 2.70. The Kier molecular flexibility index (Phi) is 3.60. The van der Waals surface area contributed by atoms with Gasteiger partial charge in [0.25, 0.3) is 0 Å². The van der Waals surface area contributed by atoms with Crippen molar-refractivity contribution in [3.05, 3.63) is 47.7 Å². The third-order valence-corrected chi connectivity index (χ3v) is 3.75. The predicted octanol–water partition coefficient (Wildman–Crippen LogP) is 2.38. The lowest BCUT2D eigenvalue weighted by molar-refractivity contribution is -0.687. The molecule has 1 aliphatic rings. The SMILES string of the molecule is CCOC(=O)c1ccc2[n+](c1)CCc1cc(OC)ccc1-2. The monoisotopic (exact) mass is 284 g/mol. The minimum Gasteiger partial charge on any atom is -0.497 e. The van der Waals surface area contributed by atoms with Crippen molar-refractivity contribution in [1.82, 2.24) is 0 Å². The summed E-state index contributed by atoms with van der Waals surface area (Å²) in [6.07, 6.45) is 2.80. The number of pyridine rings is 1. The first-order valence-corrected chi connectivity index (χ1v) is 7.11. The summed E-state index contributed by atoms with van der Waals surface area (Å²) in [5.41, 5.74) is 4.18. The van der Waals surface area contributed by atoms with Gasteiger partial charge in [0.15, 0.2) is 12.7 Å². The normalized spacial score (nSPS) is 12.3. The van der Waals surface area contributed by atoms with Crippen LogP contribution in [-0.2, 0) is 17.7 Å². The van der Waals surface area contributed by atoms with Crippen LogP contribution in [0.2, 0.25) is 0 Å².